The predicted molar refractivity (Wildman–Crippen MR) is 122 cm³/mol. The van der Waals surface area contributed by atoms with Gasteiger partial charge in [-0.25, -0.2) is 4.79 Å². The van der Waals surface area contributed by atoms with Crippen LogP contribution in [-0.4, -0.2) is 85.5 Å². The molecule has 1 amide bonds. The standard InChI is InChI=1S/C23H37N5O3/c1-5-24-21(25-11-12-26-22(29)31-23(2,3)4)28-16-19-20(17-28)30-14-13-27(19)15-18-9-7-6-8-10-18/h6-10,19-20H,5,11-17H2,1-4H3,(H,24,25)(H,26,29). The molecule has 0 aromatic heterocycles. The van der Waals surface area contributed by atoms with Gasteiger partial charge in [0.25, 0.3) is 0 Å². The molecule has 0 spiro atoms. The lowest BCUT2D eigenvalue weighted by molar-refractivity contribution is -0.0502. The number of nitrogens with one attached hydrogen (secondary N) is 2. The molecule has 2 unspecified atom stereocenters. The number of guanidine groups is 1. The molecule has 1 aromatic carbocycles. The molecule has 2 saturated heterocycles. The van der Waals surface area contributed by atoms with Crippen molar-refractivity contribution < 1.29 is 14.3 Å². The minimum absolute atomic E-state index is 0.182. The van der Waals surface area contributed by atoms with E-state index in [1.165, 1.54) is 5.56 Å². The summed E-state index contributed by atoms with van der Waals surface area (Å²) in [4.78, 5) is 21.3. The number of morpholine rings is 1. The summed E-state index contributed by atoms with van der Waals surface area (Å²) in [7, 11) is 0. The van der Waals surface area contributed by atoms with Crippen LogP contribution in [0.15, 0.2) is 35.3 Å². The number of carbonyl (C=O) groups is 1. The maximum Gasteiger partial charge on any atom is 0.407 e. The highest BCUT2D eigenvalue weighted by atomic mass is 16.6. The van der Waals surface area contributed by atoms with E-state index >= 15 is 0 Å². The van der Waals surface area contributed by atoms with Crippen LogP contribution in [0.25, 0.3) is 0 Å². The Labute approximate surface area is 186 Å². The molecular formula is C23H37N5O3. The number of fused-ring (bicyclic) bond motifs is 1. The molecule has 2 aliphatic rings. The lowest BCUT2D eigenvalue weighted by atomic mass is 10.1. The maximum atomic E-state index is 11.8. The van der Waals surface area contributed by atoms with Crippen molar-refractivity contribution in [3.8, 4) is 0 Å². The van der Waals surface area contributed by atoms with E-state index in [2.05, 4.69) is 57.7 Å². The molecule has 0 bridgehead atoms. The molecule has 2 N–H and O–H groups in total. The summed E-state index contributed by atoms with van der Waals surface area (Å²) in [5, 5.41) is 6.15. The number of rotatable bonds is 6. The van der Waals surface area contributed by atoms with Gasteiger partial charge in [-0.1, -0.05) is 30.3 Å². The zero-order chi connectivity index (χ0) is 22.3. The first-order valence-corrected chi connectivity index (χ1v) is 11.3. The highest BCUT2D eigenvalue weighted by molar-refractivity contribution is 5.80. The fourth-order valence-electron chi connectivity index (χ4n) is 4.01. The van der Waals surface area contributed by atoms with Crippen molar-refractivity contribution in [1.82, 2.24) is 20.4 Å². The molecule has 0 aliphatic carbocycles. The van der Waals surface area contributed by atoms with Crippen LogP contribution in [0.5, 0.6) is 0 Å². The summed E-state index contributed by atoms with van der Waals surface area (Å²) < 4.78 is 11.4. The number of ether oxygens (including phenoxy) is 2. The van der Waals surface area contributed by atoms with Gasteiger partial charge < -0.3 is 25.0 Å². The molecule has 1 aromatic rings. The van der Waals surface area contributed by atoms with E-state index in [1.807, 2.05) is 20.8 Å². The third-order valence-electron chi connectivity index (χ3n) is 5.32. The zero-order valence-corrected chi connectivity index (χ0v) is 19.3. The number of aliphatic imine (C=N–C) groups is 1. The summed E-state index contributed by atoms with van der Waals surface area (Å²) in [6.07, 6.45) is -0.231. The fourth-order valence-corrected chi connectivity index (χ4v) is 4.01. The van der Waals surface area contributed by atoms with Gasteiger partial charge in [0.15, 0.2) is 5.96 Å². The van der Waals surface area contributed by atoms with Gasteiger partial charge in [-0.05, 0) is 33.3 Å². The number of nitrogens with zero attached hydrogens (tertiary/aromatic N) is 3. The number of carbonyl (C=O) groups excluding carboxylic acids is 1. The molecule has 0 radical (unpaired) electrons. The Morgan fingerprint density at radius 2 is 2.00 bits per heavy atom. The van der Waals surface area contributed by atoms with Gasteiger partial charge in [-0.2, -0.15) is 0 Å². The second-order valence-corrected chi connectivity index (χ2v) is 9.00. The predicted octanol–water partition coefficient (Wildman–Crippen LogP) is 2.06. The van der Waals surface area contributed by atoms with Crippen molar-refractivity contribution in [2.75, 3.05) is 45.9 Å². The van der Waals surface area contributed by atoms with Gasteiger partial charge in [0.2, 0.25) is 0 Å². The van der Waals surface area contributed by atoms with Gasteiger partial charge in [0, 0.05) is 39.3 Å². The summed E-state index contributed by atoms with van der Waals surface area (Å²) in [6, 6.07) is 10.9. The molecule has 2 heterocycles. The van der Waals surface area contributed by atoms with Crippen LogP contribution in [0.1, 0.15) is 33.3 Å². The first kappa shape index (κ1) is 23.3. The van der Waals surface area contributed by atoms with Crippen molar-refractivity contribution in [3.63, 3.8) is 0 Å². The van der Waals surface area contributed by atoms with Gasteiger partial charge in [-0.3, -0.25) is 9.89 Å². The number of hydrogen-bond acceptors (Lipinski definition) is 5. The summed E-state index contributed by atoms with van der Waals surface area (Å²) in [5.74, 6) is 0.867. The highest BCUT2D eigenvalue weighted by Crippen LogP contribution is 2.24. The monoisotopic (exact) mass is 431 g/mol. The summed E-state index contributed by atoms with van der Waals surface area (Å²) >= 11 is 0. The number of likely N-dealkylation sites (tertiary alicyclic amines) is 1. The second-order valence-electron chi connectivity index (χ2n) is 9.00. The summed E-state index contributed by atoms with van der Waals surface area (Å²) in [6.45, 7) is 13.7. The van der Waals surface area contributed by atoms with E-state index in [4.69, 9.17) is 14.5 Å². The van der Waals surface area contributed by atoms with Crippen LogP contribution in [0.2, 0.25) is 0 Å². The quantitative estimate of drug-likeness (QED) is 0.408. The van der Waals surface area contributed by atoms with Crippen LogP contribution in [-0.2, 0) is 16.0 Å². The average molecular weight is 432 g/mol. The van der Waals surface area contributed by atoms with Gasteiger partial charge in [0.05, 0.1) is 25.3 Å². The van der Waals surface area contributed by atoms with Gasteiger partial charge in [0.1, 0.15) is 5.60 Å². The number of amides is 1. The molecule has 8 heteroatoms. The average Bonchev–Trinajstić information content (AvgIpc) is 3.15. The van der Waals surface area contributed by atoms with Crippen LogP contribution in [0.4, 0.5) is 4.79 Å². The van der Waals surface area contributed by atoms with Crippen LogP contribution >= 0.6 is 0 Å². The topological polar surface area (TPSA) is 78.4 Å². The Kier molecular flexibility index (Phi) is 8.15. The number of alkyl carbamates (subject to hydrolysis) is 1. The third-order valence-corrected chi connectivity index (χ3v) is 5.32. The van der Waals surface area contributed by atoms with Crippen molar-refractivity contribution >= 4 is 12.1 Å². The van der Waals surface area contributed by atoms with Crippen molar-refractivity contribution in [1.29, 1.82) is 0 Å². The molecule has 3 rings (SSSR count). The maximum absolute atomic E-state index is 11.8. The zero-order valence-electron chi connectivity index (χ0n) is 19.3. The minimum Gasteiger partial charge on any atom is -0.444 e. The lowest BCUT2D eigenvalue weighted by Crippen LogP contribution is -2.50. The second kappa shape index (κ2) is 10.8. The van der Waals surface area contributed by atoms with E-state index in [0.717, 1.165) is 45.3 Å². The van der Waals surface area contributed by atoms with Crippen LogP contribution < -0.4 is 10.6 Å². The summed E-state index contributed by atoms with van der Waals surface area (Å²) in [5.41, 5.74) is 0.829. The van der Waals surface area contributed by atoms with Gasteiger partial charge in [-0.15, -0.1) is 0 Å². The van der Waals surface area contributed by atoms with E-state index in [0.29, 0.717) is 19.1 Å². The van der Waals surface area contributed by atoms with E-state index < -0.39 is 11.7 Å². The molecule has 2 fully saturated rings. The fraction of sp³-hybridized carbons (Fsp3) is 0.652. The lowest BCUT2D eigenvalue weighted by Gasteiger charge is -2.36. The first-order valence-electron chi connectivity index (χ1n) is 11.3. The minimum atomic E-state index is -0.500. The van der Waals surface area contributed by atoms with Crippen molar-refractivity contribution in [3.05, 3.63) is 35.9 Å². The smallest absolute Gasteiger partial charge is 0.407 e. The Morgan fingerprint density at radius 3 is 2.71 bits per heavy atom. The third kappa shape index (κ3) is 7.11. The molecule has 31 heavy (non-hydrogen) atoms. The van der Waals surface area contributed by atoms with Crippen LogP contribution in [0, 0.1) is 0 Å². The molecule has 0 saturated carbocycles. The number of hydrogen-bond donors (Lipinski definition) is 2. The molecule has 172 valence electrons. The Hall–Kier alpha value is -2.32. The Balaban J connectivity index is 1.55. The molecule has 2 atom stereocenters. The first-order chi connectivity index (χ1) is 14.9. The molecule has 2 aliphatic heterocycles. The largest absolute Gasteiger partial charge is 0.444 e. The van der Waals surface area contributed by atoms with E-state index in [1.54, 1.807) is 0 Å². The molecular weight excluding hydrogens is 394 g/mol. The van der Waals surface area contributed by atoms with Crippen LogP contribution in [0.3, 0.4) is 0 Å². The SMILES string of the molecule is CCNC(=NCCNC(=O)OC(C)(C)C)N1CC2OCCN(Cc3ccccc3)C2C1. The van der Waals surface area contributed by atoms with Crippen molar-refractivity contribution in [2.45, 2.75) is 52.0 Å². The Bertz CT molecular complexity index is 734. The molecule has 8 nitrogen and oxygen atoms in total. The highest BCUT2D eigenvalue weighted by Gasteiger charge is 2.41. The van der Waals surface area contributed by atoms with Gasteiger partial charge >= 0.3 is 6.09 Å². The van der Waals surface area contributed by atoms with Crippen molar-refractivity contribution in [2.24, 2.45) is 4.99 Å². The van der Waals surface area contributed by atoms with E-state index in [-0.39, 0.29) is 6.10 Å². The number of benzene rings is 1. The normalized spacial score (nSPS) is 22.2. The van der Waals surface area contributed by atoms with E-state index in [9.17, 15) is 4.79 Å². The Morgan fingerprint density at radius 1 is 1.23 bits per heavy atom.